The van der Waals surface area contributed by atoms with Gasteiger partial charge in [0.15, 0.2) is 9.84 Å². The summed E-state index contributed by atoms with van der Waals surface area (Å²) in [7, 11) is -3.41. The Morgan fingerprint density at radius 3 is 2.45 bits per heavy atom. The lowest BCUT2D eigenvalue weighted by molar-refractivity contribution is -0.117. The minimum Gasteiger partial charge on any atom is -0.326 e. The molecule has 0 atom stereocenters. The molecule has 2 aromatic carbocycles. The first-order chi connectivity index (χ1) is 13.7. The molecule has 0 aromatic heterocycles. The molecule has 0 aliphatic heterocycles. The van der Waals surface area contributed by atoms with Crippen molar-refractivity contribution in [1.82, 2.24) is 0 Å². The van der Waals surface area contributed by atoms with Crippen LogP contribution in [0.4, 0.5) is 11.4 Å². The van der Waals surface area contributed by atoms with Crippen molar-refractivity contribution in [2.75, 3.05) is 16.9 Å². The number of hydrogen-bond donors (Lipinski definition) is 2. The van der Waals surface area contributed by atoms with Gasteiger partial charge < -0.3 is 10.6 Å². The minimum absolute atomic E-state index is 0.0395. The zero-order chi connectivity index (χ0) is 21.0. The van der Waals surface area contributed by atoms with Gasteiger partial charge in [0, 0.05) is 23.9 Å². The summed E-state index contributed by atoms with van der Waals surface area (Å²) in [5.74, 6) is -0.0653. The van der Waals surface area contributed by atoms with Crippen molar-refractivity contribution in [2.45, 2.75) is 37.0 Å². The Hall–Kier alpha value is -2.38. The quantitative estimate of drug-likeness (QED) is 0.699. The standard InChI is InChI=1S/C21H23ClN2O4S/c1-29(27,28)17-8-4-7-15(12-17)21(26)24-19-10-9-16(13-18(19)22)23-20(25)11-14-5-2-3-6-14/h4,7-10,12-14H,2-3,5-6,11H2,1H3,(H,23,25)(H,24,26). The van der Waals surface area contributed by atoms with E-state index in [9.17, 15) is 18.0 Å². The number of benzene rings is 2. The lowest BCUT2D eigenvalue weighted by atomic mass is 10.0. The predicted octanol–water partition coefficient (Wildman–Crippen LogP) is 4.51. The molecule has 0 heterocycles. The van der Waals surface area contributed by atoms with Crippen molar-refractivity contribution >= 4 is 44.6 Å². The molecule has 2 aromatic rings. The summed E-state index contributed by atoms with van der Waals surface area (Å²) in [6, 6.07) is 10.6. The van der Waals surface area contributed by atoms with E-state index in [1.54, 1.807) is 18.2 Å². The molecule has 154 valence electrons. The van der Waals surface area contributed by atoms with Crippen LogP contribution in [0.5, 0.6) is 0 Å². The third kappa shape index (κ3) is 5.81. The second-order valence-electron chi connectivity index (χ2n) is 7.35. The lowest BCUT2D eigenvalue weighted by Gasteiger charge is -2.12. The smallest absolute Gasteiger partial charge is 0.255 e. The van der Waals surface area contributed by atoms with E-state index >= 15 is 0 Å². The van der Waals surface area contributed by atoms with Gasteiger partial charge in [-0.2, -0.15) is 0 Å². The van der Waals surface area contributed by atoms with Crippen LogP contribution in [0.3, 0.4) is 0 Å². The Morgan fingerprint density at radius 2 is 1.79 bits per heavy atom. The Kier molecular flexibility index (Phi) is 6.59. The highest BCUT2D eigenvalue weighted by Crippen LogP contribution is 2.29. The molecule has 1 saturated carbocycles. The fourth-order valence-corrected chi connectivity index (χ4v) is 4.34. The van der Waals surface area contributed by atoms with Crippen molar-refractivity contribution < 1.29 is 18.0 Å². The van der Waals surface area contributed by atoms with E-state index in [0.29, 0.717) is 23.7 Å². The Morgan fingerprint density at radius 1 is 1.07 bits per heavy atom. The van der Waals surface area contributed by atoms with Gasteiger partial charge in [0.2, 0.25) is 5.91 Å². The normalized spacial score (nSPS) is 14.6. The van der Waals surface area contributed by atoms with Gasteiger partial charge in [0.05, 0.1) is 15.6 Å². The molecule has 1 fully saturated rings. The van der Waals surface area contributed by atoms with E-state index in [0.717, 1.165) is 19.1 Å². The second kappa shape index (κ2) is 8.97. The molecule has 1 aliphatic rings. The van der Waals surface area contributed by atoms with Crippen molar-refractivity contribution in [1.29, 1.82) is 0 Å². The topological polar surface area (TPSA) is 92.3 Å². The van der Waals surface area contributed by atoms with Gasteiger partial charge >= 0.3 is 0 Å². The third-order valence-electron chi connectivity index (χ3n) is 4.97. The maximum absolute atomic E-state index is 12.5. The van der Waals surface area contributed by atoms with Crippen molar-refractivity contribution in [3.05, 3.63) is 53.1 Å². The third-order valence-corrected chi connectivity index (χ3v) is 6.40. The summed E-state index contributed by atoms with van der Waals surface area (Å²) in [5, 5.41) is 5.78. The van der Waals surface area contributed by atoms with Crippen molar-refractivity contribution in [2.24, 2.45) is 5.92 Å². The van der Waals surface area contributed by atoms with E-state index in [1.807, 2.05) is 0 Å². The second-order valence-corrected chi connectivity index (χ2v) is 9.77. The molecular weight excluding hydrogens is 412 g/mol. The summed E-state index contributed by atoms with van der Waals surface area (Å²) < 4.78 is 23.3. The van der Waals surface area contributed by atoms with Crippen LogP contribution >= 0.6 is 11.6 Å². The average Bonchev–Trinajstić information content (AvgIpc) is 3.16. The number of anilines is 2. The van der Waals surface area contributed by atoms with Gasteiger partial charge in [-0.05, 0) is 55.2 Å². The van der Waals surface area contributed by atoms with Crippen LogP contribution < -0.4 is 10.6 Å². The molecule has 8 heteroatoms. The number of rotatable bonds is 6. The number of nitrogens with one attached hydrogen (secondary N) is 2. The van der Waals surface area contributed by atoms with E-state index in [2.05, 4.69) is 10.6 Å². The Bertz CT molecular complexity index is 1030. The highest BCUT2D eigenvalue weighted by atomic mass is 35.5. The first-order valence-electron chi connectivity index (χ1n) is 9.43. The lowest BCUT2D eigenvalue weighted by Crippen LogP contribution is -2.15. The molecule has 0 saturated heterocycles. The number of sulfone groups is 1. The molecule has 29 heavy (non-hydrogen) atoms. The number of hydrogen-bond acceptors (Lipinski definition) is 4. The van der Waals surface area contributed by atoms with E-state index < -0.39 is 15.7 Å². The Labute approximate surface area is 175 Å². The number of amides is 2. The maximum Gasteiger partial charge on any atom is 0.255 e. The fourth-order valence-electron chi connectivity index (χ4n) is 3.45. The summed E-state index contributed by atoms with van der Waals surface area (Å²) in [4.78, 5) is 24.7. The molecule has 2 N–H and O–H groups in total. The summed E-state index contributed by atoms with van der Waals surface area (Å²) in [6.45, 7) is 0. The number of carbonyl (C=O) groups is 2. The van der Waals surface area contributed by atoms with Gasteiger partial charge in [-0.1, -0.05) is 30.5 Å². The monoisotopic (exact) mass is 434 g/mol. The fraction of sp³-hybridized carbons (Fsp3) is 0.333. The van der Waals surface area contributed by atoms with E-state index in [1.165, 1.54) is 37.1 Å². The largest absolute Gasteiger partial charge is 0.326 e. The van der Waals surface area contributed by atoms with E-state index in [4.69, 9.17) is 11.6 Å². The molecular formula is C21H23ClN2O4S. The molecule has 6 nitrogen and oxygen atoms in total. The molecule has 0 unspecified atom stereocenters. The van der Waals surface area contributed by atoms with Crippen LogP contribution in [0.1, 0.15) is 42.5 Å². The predicted molar refractivity (Wildman–Crippen MR) is 114 cm³/mol. The van der Waals surface area contributed by atoms with Crippen molar-refractivity contribution in [3.8, 4) is 0 Å². The van der Waals surface area contributed by atoms with Gasteiger partial charge in [-0.25, -0.2) is 8.42 Å². The van der Waals surface area contributed by atoms with Crippen LogP contribution in [0, 0.1) is 5.92 Å². The number of halogens is 1. The van der Waals surface area contributed by atoms with Crippen LogP contribution in [0.2, 0.25) is 5.02 Å². The SMILES string of the molecule is CS(=O)(=O)c1cccc(C(=O)Nc2ccc(NC(=O)CC3CCCC3)cc2Cl)c1. The summed E-state index contributed by atoms with van der Waals surface area (Å²) in [6.07, 6.45) is 6.16. The molecule has 0 spiro atoms. The van der Waals surface area contributed by atoms with Crippen LogP contribution in [-0.2, 0) is 14.6 Å². The van der Waals surface area contributed by atoms with Gasteiger partial charge in [0.25, 0.3) is 5.91 Å². The van der Waals surface area contributed by atoms with Crippen LogP contribution in [0.25, 0.3) is 0 Å². The first-order valence-corrected chi connectivity index (χ1v) is 11.7. The summed E-state index contributed by atoms with van der Waals surface area (Å²) in [5.41, 5.74) is 1.14. The van der Waals surface area contributed by atoms with Crippen LogP contribution in [0.15, 0.2) is 47.4 Å². The van der Waals surface area contributed by atoms with Crippen molar-refractivity contribution in [3.63, 3.8) is 0 Å². The maximum atomic E-state index is 12.5. The Balaban J connectivity index is 1.66. The minimum atomic E-state index is -3.41. The molecule has 1 aliphatic carbocycles. The van der Waals surface area contributed by atoms with E-state index in [-0.39, 0.29) is 21.4 Å². The molecule has 0 radical (unpaired) electrons. The zero-order valence-electron chi connectivity index (χ0n) is 16.1. The highest BCUT2D eigenvalue weighted by Gasteiger charge is 2.19. The van der Waals surface area contributed by atoms with Gasteiger partial charge in [-0.15, -0.1) is 0 Å². The van der Waals surface area contributed by atoms with Gasteiger partial charge in [0.1, 0.15) is 0 Å². The summed E-state index contributed by atoms with van der Waals surface area (Å²) >= 11 is 6.26. The molecule has 3 rings (SSSR count). The zero-order valence-corrected chi connectivity index (χ0v) is 17.6. The molecule has 0 bridgehead atoms. The number of carbonyl (C=O) groups excluding carboxylic acids is 2. The highest BCUT2D eigenvalue weighted by molar-refractivity contribution is 7.90. The van der Waals surface area contributed by atoms with Crippen LogP contribution in [-0.4, -0.2) is 26.5 Å². The van der Waals surface area contributed by atoms with Gasteiger partial charge in [-0.3, -0.25) is 9.59 Å². The average molecular weight is 435 g/mol. The first kappa shape index (κ1) is 21.3. The molecule has 2 amide bonds.